The number of nitrogens with zero attached hydrogens (tertiary/aromatic N) is 5. The first-order valence-electron chi connectivity index (χ1n) is 6.81. The summed E-state index contributed by atoms with van der Waals surface area (Å²) in [4.78, 5) is 4.30. The highest BCUT2D eigenvalue weighted by Crippen LogP contribution is 2.30. The van der Waals surface area contributed by atoms with E-state index in [4.69, 9.17) is 23.2 Å². The third kappa shape index (κ3) is 3.04. The minimum Gasteiger partial charge on any atom is -0.329 e. The van der Waals surface area contributed by atoms with E-state index in [0.29, 0.717) is 16.6 Å². The fourth-order valence-electron chi connectivity index (χ4n) is 2.34. The molecular weight excluding hydrogens is 309 g/mol. The molecule has 2 aromatic rings. The van der Waals surface area contributed by atoms with Crippen LogP contribution in [-0.2, 0) is 13.0 Å². The number of aryl methyl sites for hydroxylation is 1. The Hall–Kier alpha value is -1.59. The van der Waals surface area contributed by atoms with Gasteiger partial charge >= 0.3 is 0 Å². The molecule has 1 unspecified atom stereocenters. The van der Waals surface area contributed by atoms with Gasteiger partial charge in [0, 0.05) is 18.8 Å². The van der Waals surface area contributed by atoms with E-state index in [2.05, 4.69) is 26.8 Å². The van der Waals surface area contributed by atoms with Crippen molar-refractivity contribution in [1.82, 2.24) is 24.5 Å². The van der Waals surface area contributed by atoms with Crippen LogP contribution in [0.2, 0.25) is 0 Å². The van der Waals surface area contributed by atoms with E-state index in [1.807, 2.05) is 29.2 Å². The van der Waals surface area contributed by atoms with Crippen LogP contribution in [0.4, 0.5) is 0 Å². The Morgan fingerprint density at radius 1 is 1.33 bits per heavy atom. The van der Waals surface area contributed by atoms with E-state index in [1.54, 1.807) is 6.20 Å². The van der Waals surface area contributed by atoms with Gasteiger partial charge in [0.15, 0.2) is 0 Å². The van der Waals surface area contributed by atoms with Gasteiger partial charge in [-0.15, -0.1) is 5.10 Å². The van der Waals surface area contributed by atoms with Crippen LogP contribution >= 0.6 is 23.2 Å². The van der Waals surface area contributed by atoms with Crippen molar-refractivity contribution in [2.75, 3.05) is 0 Å². The van der Waals surface area contributed by atoms with Gasteiger partial charge in [0.1, 0.15) is 11.5 Å². The number of halogens is 2. The van der Waals surface area contributed by atoms with Crippen LogP contribution < -0.4 is 0 Å². The van der Waals surface area contributed by atoms with E-state index < -0.39 is 0 Å². The van der Waals surface area contributed by atoms with Crippen molar-refractivity contribution in [3.63, 3.8) is 0 Å². The third-order valence-corrected chi connectivity index (χ3v) is 4.24. The molecule has 7 heteroatoms. The Morgan fingerprint density at radius 3 is 2.95 bits per heavy atom. The minimum atomic E-state index is 0.0645. The van der Waals surface area contributed by atoms with Gasteiger partial charge in [-0.05, 0) is 12.5 Å². The Bertz CT molecular complexity index is 698. The topological polar surface area (TPSA) is 48.5 Å². The van der Waals surface area contributed by atoms with Crippen molar-refractivity contribution in [2.45, 2.75) is 32.4 Å². The highest BCUT2D eigenvalue weighted by molar-refractivity contribution is 6.44. The molecule has 0 amide bonds. The average Bonchev–Trinajstić information content (AvgIpc) is 3.11. The van der Waals surface area contributed by atoms with Gasteiger partial charge < -0.3 is 4.57 Å². The number of hydrogen-bond donors (Lipinski definition) is 0. The van der Waals surface area contributed by atoms with Crippen molar-refractivity contribution >= 4 is 23.2 Å². The normalized spacial score (nSPS) is 18.5. The summed E-state index contributed by atoms with van der Waals surface area (Å²) in [6, 6.07) is 0.0645. The van der Waals surface area contributed by atoms with Crippen LogP contribution in [0.15, 0.2) is 40.8 Å². The van der Waals surface area contributed by atoms with Gasteiger partial charge in [-0.25, -0.2) is 9.67 Å². The molecule has 110 valence electrons. The van der Waals surface area contributed by atoms with Crippen molar-refractivity contribution in [2.24, 2.45) is 0 Å². The van der Waals surface area contributed by atoms with Gasteiger partial charge in [0.05, 0.1) is 28.8 Å². The quantitative estimate of drug-likeness (QED) is 0.867. The molecule has 0 spiro atoms. The fourth-order valence-corrected chi connectivity index (χ4v) is 2.72. The number of rotatable bonds is 4. The standard InChI is InChI=1S/C14H15Cl2N5/c1-2-14-17-5-6-20(14)8-10-9-21(19-18-10)11-3-4-12(15)13(16)7-11/h4-7,9,11H,2-3,8H2,1H3. The lowest BCUT2D eigenvalue weighted by atomic mass is 10.1. The van der Waals surface area contributed by atoms with Crippen molar-refractivity contribution in [3.05, 3.63) is 52.3 Å². The summed E-state index contributed by atoms with van der Waals surface area (Å²) in [5.74, 6) is 1.04. The molecule has 0 fully saturated rings. The molecular formula is C14H15Cl2N5. The summed E-state index contributed by atoms with van der Waals surface area (Å²) < 4.78 is 3.90. The number of imidazole rings is 1. The van der Waals surface area contributed by atoms with Crippen LogP contribution in [-0.4, -0.2) is 24.5 Å². The molecule has 1 atom stereocenters. The van der Waals surface area contributed by atoms with E-state index >= 15 is 0 Å². The fraction of sp³-hybridized carbons (Fsp3) is 0.357. The largest absolute Gasteiger partial charge is 0.329 e. The zero-order valence-electron chi connectivity index (χ0n) is 11.6. The molecule has 3 rings (SSSR count). The maximum atomic E-state index is 6.06. The van der Waals surface area contributed by atoms with E-state index in [1.165, 1.54) is 0 Å². The van der Waals surface area contributed by atoms with Gasteiger partial charge in [0.2, 0.25) is 0 Å². The molecule has 5 nitrogen and oxygen atoms in total. The number of allylic oxidation sites excluding steroid dienone is 4. The van der Waals surface area contributed by atoms with E-state index in [0.717, 1.165) is 24.4 Å². The lowest BCUT2D eigenvalue weighted by Gasteiger charge is -2.15. The lowest BCUT2D eigenvalue weighted by Crippen LogP contribution is -2.09. The summed E-state index contributed by atoms with van der Waals surface area (Å²) in [6.45, 7) is 2.75. The highest BCUT2D eigenvalue weighted by atomic mass is 35.5. The Kier molecular flexibility index (Phi) is 4.12. The summed E-state index contributed by atoms with van der Waals surface area (Å²) in [6.07, 6.45) is 11.2. The van der Waals surface area contributed by atoms with Gasteiger partial charge in [0.25, 0.3) is 0 Å². The predicted molar refractivity (Wildman–Crippen MR) is 82.3 cm³/mol. The molecule has 0 aliphatic heterocycles. The molecule has 0 saturated carbocycles. The first-order valence-corrected chi connectivity index (χ1v) is 7.57. The molecule has 0 bridgehead atoms. The SMILES string of the molecule is CCc1nccn1Cc1cn(C2C=C(Cl)C(Cl)=CC2)nn1. The monoisotopic (exact) mass is 323 g/mol. The molecule has 0 N–H and O–H groups in total. The summed E-state index contributed by atoms with van der Waals surface area (Å²) in [5.41, 5.74) is 0.896. The van der Waals surface area contributed by atoms with Crippen molar-refractivity contribution in [1.29, 1.82) is 0 Å². The summed E-state index contributed by atoms with van der Waals surface area (Å²) in [7, 11) is 0. The molecule has 21 heavy (non-hydrogen) atoms. The lowest BCUT2D eigenvalue weighted by molar-refractivity contribution is 0.521. The van der Waals surface area contributed by atoms with Gasteiger partial charge in [-0.3, -0.25) is 0 Å². The molecule has 2 aromatic heterocycles. The molecule has 0 aromatic carbocycles. The zero-order chi connectivity index (χ0) is 14.8. The van der Waals surface area contributed by atoms with Gasteiger partial charge in [-0.1, -0.05) is 41.4 Å². The highest BCUT2D eigenvalue weighted by Gasteiger charge is 2.16. The summed E-state index contributed by atoms with van der Waals surface area (Å²) >= 11 is 12.0. The first-order chi connectivity index (χ1) is 10.2. The van der Waals surface area contributed by atoms with E-state index in [-0.39, 0.29) is 6.04 Å². The summed E-state index contributed by atoms with van der Waals surface area (Å²) in [5, 5.41) is 9.58. The zero-order valence-corrected chi connectivity index (χ0v) is 13.1. The predicted octanol–water partition coefficient (Wildman–Crippen LogP) is 3.28. The molecule has 0 radical (unpaired) electrons. The Labute approximate surface area is 132 Å². The van der Waals surface area contributed by atoms with Crippen LogP contribution in [0.3, 0.4) is 0 Å². The molecule has 0 saturated heterocycles. The number of hydrogen-bond acceptors (Lipinski definition) is 3. The number of aromatic nitrogens is 5. The second-order valence-corrected chi connectivity index (χ2v) is 5.70. The third-order valence-electron chi connectivity index (χ3n) is 3.45. The molecule has 1 aliphatic rings. The first kappa shape index (κ1) is 14.4. The second kappa shape index (κ2) is 6.03. The molecule has 1 aliphatic carbocycles. The molecule has 2 heterocycles. The van der Waals surface area contributed by atoms with Crippen LogP contribution in [0.5, 0.6) is 0 Å². The van der Waals surface area contributed by atoms with Crippen molar-refractivity contribution < 1.29 is 0 Å². The van der Waals surface area contributed by atoms with Crippen molar-refractivity contribution in [3.8, 4) is 0 Å². The van der Waals surface area contributed by atoms with E-state index in [9.17, 15) is 0 Å². The van der Waals surface area contributed by atoms with Crippen LogP contribution in [0, 0.1) is 0 Å². The average molecular weight is 324 g/mol. The smallest absolute Gasteiger partial charge is 0.108 e. The maximum absolute atomic E-state index is 6.06. The van der Waals surface area contributed by atoms with Crippen LogP contribution in [0.25, 0.3) is 0 Å². The maximum Gasteiger partial charge on any atom is 0.108 e. The Balaban J connectivity index is 1.75. The Morgan fingerprint density at radius 2 is 2.19 bits per heavy atom. The second-order valence-electron chi connectivity index (χ2n) is 4.88. The minimum absolute atomic E-state index is 0.0645. The van der Waals surface area contributed by atoms with Crippen LogP contribution in [0.1, 0.15) is 30.9 Å². The van der Waals surface area contributed by atoms with Gasteiger partial charge in [-0.2, -0.15) is 0 Å².